The molecule has 132 valence electrons. The molecule has 0 unspecified atom stereocenters. The molecule has 0 fully saturated rings. The lowest BCUT2D eigenvalue weighted by Gasteiger charge is -2.36. The van der Waals surface area contributed by atoms with Gasteiger partial charge in [-0.3, -0.25) is 4.84 Å². The molecular formula is C14H22N6O3S. The largest absolute Gasteiger partial charge is 0.368 e. The monoisotopic (exact) mass is 354 g/mol. The molecule has 0 amide bonds. The van der Waals surface area contributed by atoms with Gasteiger partial charge in [0.2, 0.25) is 21.9 Å². The van der Waals surface area contributed by atoms with E-state index in [9.17, 15) is 8.42 Å². The van der Waals surface area contributed by atoms with E-state index in [1.165, 1.54) is 5.06 Å². The first-order chi connectivity index (χ1) is 11.1. The second-order valence-electron chi connectivity index (χ2n) is 5.77. The number of aliphatic imine (C=N–C) groups is 2. The van der Waals surface area contributed by atoms with Gasteiger partial charge in [-0.25, -0.2) is 18.1 Å². The molecule has 0 bridgehead atoms. The van der Waals surface area contributed by atoms with E-state index in [0.29, 0.717) is 0 Å². The van der Waals surface area contributed by atoms with Crippen LogP contribution in [0.25, 0.3) is 0 Å². The molecule has 0 spiro atoms. The number of hydrogen-bond donors (Lipinski definition) is 3. The van der Waals surface area contributed by atoms with Crippen LogP contribution in [-0.4, -0.2) is 44.2 Å². The van der Waals surface area contributed by atoms with Crippen molar-refractivity contribution in [1.29, 1.82) is 0 Å². The summed E-state index contributed by atoms with van der Waals surface area (Å²) in [6.45, 7) is 5.50. The molecule has 0 saturated heterocycles. The topological polar surface area (TPSA) is 135 Å². The maximum Gasteiger partial charge on any atom is 0.240 e. The van der Waals surface area contributed by atoms with Crippen LogP contribution < -0.4 is 16.2 Å². The molecule has 9 nitrogen and oxygen atoms in total. The fraction of sp³-hybridized carbons (Fsp3) is 0.429. The van der Waals surface area contributed by atoms with Crippen molar-refractivity contribution in [2.45, 2.75) is 31.3 Å². The first kappa shape index (κ1) is 18.2. The van der Waals surface area contributed by atoms with E-state index in [0.717, 1.165) is 5.56 Å². The Labute approximate surface area is 141 Å². The Morgan fingerprint density at radius 1 is 1.25 bits per heavy atom. The molecule has 0 saturated carbocycles. The molecule has 0 aromatic heterocycles. The van der Waals surface area contributed by atoms with Gasteiger partial charge in [0.05, 0.1) is 11.5 Å². The number of guanidine groups is 2. The van der Waals surface area contributed by atoms with E-state index in [4.69, 9.17) is 16.3 Å². The van der Waals surface area contributed by atoms with Gasteiger partial charge in [0.25, 0.3) is 0 Å². The van der Waals surface area contributed by atoms with Crippen LogP contribution in [0, 0.1) is 6.92 Å². The molecule has 24 heavy (non-hydrogen) atoms. The number of nitrogens with zero attached hydrogens (tertiary/aromatic N) is 3. The highest BCUT2D eigenvalue weighted by molar-refractivity contribution is 7.89. The summed E-state index contributed by atoms with van der Waals surface area (Å²) < 4.78 is 26.8. The molecule has 1 aromatic carbocycles. The lowest BCUT2D eigenvalue weighted by Crippen LogP contribution is -2.54. The highest BCUT2D eigenvalue weighted by Crippen LogP contribution is 2.19. The highest BCUT2D eigenvalue weighted by Gasteiger charge is 2.33. The van der Waals surface area contributed by atoms with Crippen LogP contribution in [0.15, 0.2) is 39.1 Å². The minimum Gasteiger partial charge on any atom is -0.368 e. The summed E-state index contributed by atoms with van der Waals surface area (Å²) in [7, 11) is -3.59. The van der Waals surface area contributed by atoms with Crippen LogP contribution in [0.4, 0.5) is 0 Å². The van der Waals surface area contributed by atoms with Crippen molar-refractivity contribution < 1.29 is 13.3 Å². The summed E-state index contributed by atoms with van der Waals surface area (Å²) in [5.74, 6) is 0.131. The van der Waals surface area contributed by atoms with Crippen molar-refractivity contribution >= 4 is 21.9 Å². The van der Waals surface area contributed by atoms with Gasteiger partial charge in [-0.1, -0.05) is 17.7 Å². The van der Waals surface area contributed by atoms with E-state index in [1.54, 1.807) is 38.1 Å². The fourth-order valence-electron chi connectivity index (χ4n) is 2.13. The van der Waals surface area contributed by atoms with Crippen molar-refractivity contribution in [1.82, 2.24) is 9.79 Å². The molecule has 1 aliphatic rings. The maximum absolute atomic E-state index is 12.2. The molecule has 2 rings (SSSR count). The standard InChI is InChI=1S/C14H22N6O3S/c1-10-4-6-11(7-5-10)24(21,22)17-8-9-23-20-13(16)18-12(15)19-14(20,2)3/h4-7,17H,8-9H2,1-3H3,(H4,15,16,18,19). The van der Waals surface area contributed by atoms with Crippen LogP contribution in [-0.2, 0) is 14.9 Å². The van der Waals surface area contributed by atoms with Gasteiger partial charge in [0, 0.05) is 6.54 Å². The minimum atomic E-state index is -3.59. The van der Waals surface area contributed by atoms with Crippen molar-refractivity contribution in [3.8, 4) is 0 Å². The Morgan fingerprint density at radius 2 is 1.88 bits per heavy atom. The van der Waals surface area contributed by atoms with Crippen LogP contribution in [0.3, 0.4) is 0 Å². The van der Waals surface area contributed by atoms with Gasteiger partial charge in [-0.05, 0) is 32.9 Å². The average Bonchev–Trinajstić information content (AvgIpc) is 2.45. The van der Waals surface area contributed by atoms with Crippen molar-refractivity contribution in [2.75, 3.05) is 13.2 Å². The summed E-state index contributed by atoms with van der Waals surface area (Å²) in [6, 6.07) is 6.57. The third-order valence-corrected chi connectivity index (χ3v) is 4.75. The second-order valence-corrected chi connectivity index (χ2v) is 7.54. The quantitative estimate of drug-likeness (QED) is 0.610. The molecule has 1 aliphatic heterocycles. The summed E-state index contributed by atoms with van der Waals surface area (Å²) >= 11 is 0. The number of rotatable bonds is 6. The second kappa shape index (κ2) is 6.75. The molecule has 1 heterocycles. The lowest BCUT2D eigenvalue weighted by molar-refractivity contribution is -0.154. The summed E-state index contributed by atoms with van der Waals surface area (Å²) in [4.78, 5) is 13.6. The van der Waals surface area contributed by atoms with E-state index in [-0.39, 0.29) is 30.0 Å². The number of nitrogens with one attached hydrogen (secondary N) is 1. The zero-order valence-corrected chi connectivity index (χ0v) is 14.7. The number of sulfonamides is 1. The van der Waals surface area contributed by atoms with E-state index in [2.05, 4.69) is 14.7 Å². The molecule has 0 atom stereocenters. The zero-order chi connectivity index (χ0) is 18.0. The van der Waals surface area contributed by atoms with Gasteiger partial charge in [-0.15, -0.1) is 0 Å². The van der Waals surface area contributed by atoms with Crippen molar-refractivity contribution in [2.24, 2.45) is 21.5 Å². The predicted molar refractivity (Wildman–Crippen MR) is 91.5 cm³/mol. The Balaban J connectivity index is 1.91. The first-order valence-corrected chi connectivity index (χ1v) is 8.79. The number of benzene rings is 1. The van der Waals surface area contributed by atoms with Gasteiger partial charge in [0.15, 0.2) is 5.66 Å². The summed E-state index contributed by atoms with van der Waals surface area (Å²) in [5, 5.41) is 1.30. The average molecular weight is 354 g/mol. The molecule has 0 radical (unpaired) electrons. The number of nitrogens with two attached hydrogens (primary N) is 2. The van der Waals surface area contributed by atoms with Crippen molar-refractivity contribution in [3.05, 3.63) is 29.8 Å². The van der Waals surface area contributed by atoms with Gasteiger partial charge in [0.1, 0.15) is 0 Å². The van der Waals surface area contributed by atoms with E-state index < -0.39 is 15.7 Å². The fourth-order valence-corrected chi connectivity index (χ4v) is 3.14. The van der Waals surface area contributed by atoms with Crippen LogP contribution >= 0.6 is 0 Å². The molecule has 5 N–H and O–H groups in total. The summed E-state index contributed by atoms with van der Waals surface area (Å²) in [5.41, 5.74) is 11.5. The van der Waals surface area contributed by atoms with E-state index >= 15 is 0 Å². The highest BCUT2D eigenvalue weighted by atomic mass is 32.2. The normalized spacial score (nSPS) is 17.4. The molecule has 1 aromatic rings. The van der Waals surface area contributed by atoms with Crippen molar-refractivity contribution in [3.63, 3.8) is 0 Å². The van der Waals surface area contributed by atoms with E-state index in [1.807, 2.05) is 6.92 Å². The third-order valence-electron chi connectivity index (χ3n) is 3.27. The Bertz CT molecular complexity index is 755. The number of hydrogen-bond acceptors (Lipinski definition) is 8. The third kappa shape index (κ3) is 4.22. The minimum absolute atomic E-state index is 0.0557. The van der Waals surface area contributed by atoms with Crippen LogP contribution in [0.5, 0.6) is 0 Å². The predicted octanol–water partition coefficient (Wildman–Crippen LogP) is -0.114. The van der Waals surface area contributed by atoms with Gasteiger partial charge < -0.3 is 11.5 Å². The van der Waals surface area contributed by atoms with Crippen LogP contribution in [0.1, 0.15) is 19.4 Å². The molecule has 10 heteroatoms. The van der Waals surface area contributed by atoms with Gasteiger partial charge >= 0.3 is 0 Å². The number of hydroxylamine groups is 2. The molecule has 0 aliphatic carbocycles. The van der Waals surface area contributed by atoms with Crippen LogP contribution in [0.2, 0.25) is 0 Å². The molecular weight excluding hydrogens is 332 g/mol. The smallest absolute Gasteiger partial charge is 0.240 e. The zero-order valence-electron chi connectivity index (χ0n) is 13.9. The Morgan fingerprint density at radius 3 is 2.46 bits per heavy atom. The summed E-state index contributed by atoms with van der Waals surface area (Å²) in [6.07, 6.45) is 0. The SMILES string of the molecule is Cc1ccc(S(=O)(=O)NCCON2C(N)=NC(N)=NC2(C)C)cc1. The maximum atomic E-state index is 12.2. The first-order valence-electron chi connectivity index (χ1n) is 7.31. The lowest BCUT2D eigenvalue weighted by atomic mass is 10.2. The Hall–Kier alpha value is -2.17. The number of aryl methyl sites for hydroxylation is 1. The van der Waals surface area contributed by atoms with Gasteiger partial charge in [-0.2, -0.15) is 10.1 Å². The Kier molecular flexibility index (Phi) is 5.11.